The highest BCUT2D eigenvalue weighted by atomic mass is 16.5. The highest BCUT2D eigenvalue weighted by Gasteiger charge is 2.37. The van der Waals surface area contributed by atoms with Crippen LogP contribution in [0.5, 0.6) is 0 Å². The molecule has 2 aliphatic rings. The molecule has 2 atom stereocenters. The van der Waals surface area contributed by atoms with Gasteiger partial charge in [-0.3, -0.25) is 9.69 Å². The fraction of sp³-hybridized carbons (Fsp3) is 0.909. The van der Waals surface area contributed by atoms with E-state index in [0.717, 1.165) is 12.8 Å². The van der Waals surface area contributed by atoms with Crippen LogP contribution in [0.2, 0.25) is 0 Å². The minimum Gasteiger partial charge on any atom is -0.469 e. The lowest BCUT2D eigenvalue weighted by Crippen LogP contribution is -2.50. The summed E-state index contributed by atoms with van der Waals surface area (Å²) in [6, 6.07) is 0.477. The first-order valence-corrected chi connectivity index (χ1v) is 5.65. The van der Waals surface area contributed by atoms with Crippen molar-refractivity contribution in [1.82, 2.24) is 4.90 Å². The van der Waals surface area contributed by atoms with Gasteiger partial charge in [-0.15, -0.1) is 0 Å². The third kappa shape index (κ3) is 1.78. The number of ether oxygens (including phenoxy) is 1. The van der Waals surface area contributed by atoms with Gasteiger partial charge >= 0.3 is 5.97 Å². The number of esters is 1. The van der Waals surface area contributed by atoms with E-state index in [2.05, 4.69) is 4.90 Å². The number of fused-ring (bicyclic) bond motifs is 1. The molecule has 0 amide bonds. The molecule has 0 bridgehead atoms. The van der Waals surface area contributed by atoms with Crippen molar-refractivity contribution < 1.29 is 9.53 Å². The van der Waals surface area contributed by atoms with Crippen LogP contribution in [0.4, 0.5) is 0 Å². The second-order valence-corrected chi connectivity index (χ2v) is 4.37. The smallest absolute Gasteiger partial charge is 0.310 e. The Bertz CT molecular complexity index is 215. The Morgan fingerprint density at radius 2 is 2.00 bits per heavy atom. The molecule has 0 aromatic carbocycles. The minimum absolute atomic E-state index is 0.00148. The fourth-order valence-corrected chi connectivity index (χ4v) is 2.88. The van der Waals surface area contributed by atoms with Crippen LogP contribution in [0.25, 0.3) is 0 Å². The Balaban J connectivity index is 2.04. The second kappa shape index (κ2) is 4.30. The molecule has 0 spiro atoms. The maximum Gasteiger partial charge on any atom is 0.310 e. The van der Waals surface area contributed by atoms with E-state index in [1.54, 1.807) is 0 Å². The number of hydrogen-bond donors (Lipinski definition) is 0. The molecule has 0 aromatic heterocycles. The van der Waals surface area contributed by atoms with E-state index in [0.29, 0.717) is 6.04 Å². The summed E-state index contributed by atoms with van der Waals surface area (Å²) in [5, 5.41) is 0. The minimum atomic E-state index is 0.00148. The van der Waals surface area contributed by atoms with E-state index in [1.165, 1.54) is 39.5 Å². The Labute approximate surface area is 85.4 Å². The van der Waals surface area contributed by atoms with Crippen molar-refractivity contribution >= 4 is 5.97 Å². The largest absolute Gasteiger partial charge is 0.469 e. The lowest BCUT2D eigenvalue weighted by Gasteiger charge is -2.43. The van der Waals surface area contributed by atoms with Crippen molar-refractivity contribution in [1.29, 1.82) is 0 Å². The molecule has 14 heavy (non-hydrogen) atoms. The molecule has 3 nitrogen and oxygen atoms in total. The number of piperidine rings is 2. The van der Waals surface area contributed by atoms with E-state index in [1.807, 2.05) is 0 Å². The average Bonchev–Trinajstić information content (AvgIpc) is 2.27. The van der Waals surface area contributed by atoms with Gasteiger partial charge in [0.05, 0.1) is 13.0 Å². The molecule has 2 saturated heterocycles. The number of methoxy groups -OCH3 is 1. The zero-order valence-electron chi connectivity index (χ0n) is 8.87. The normalized spacial score (nSPS) is 33.5. The van der Waals surface area contributed by atoms with E-state index < -0.39 is 0 Å². The Morgan fingerprint density at radius 1 is 1.21 bits per heavy atom. The predicted octanol–water partition coefficient (Wildman–Crippen LogP) is 1.42. The van der Waals surface area contributed by atoms with Gasteiger partial charge in [0.25, 0.3) is 0 Å². The molecule has 2 fully saturated rings. The Kier molecular flexibility index (Phi) is 3.06. The zero-order valence-corrected chi connectivity index (χ0v) is 8.87. The van der Waals surface area contributed by atoms with Crippen LogP contribution >= 0.6 is 0 Å². The van der Waals surface area contributed by atoms with Crippen molar-refractivity contribution in [2.24, 2.45) is 5.92 Å². The number of rotatable bonds is 1. The SMILES string of the molecule is COC(=O)[C@H]1CCCN2CCCC[C@@H]12. The Hall–Kier alpha value is -0.570. The maximum absolute atomic E-state index is 11.6. The molecule has 3 heteroatoms. The molecular formula is C11H19NO2. The van der Waals surface area contributed by atoms with Gasteiger partial charge in [0.15, 0.2) is 0 Å². The van der Waals surface area contributed by atoms with E-state index >= 15 is 0 Å². The van der Waals surface area contributed by atoms with Gasteiger partial charge in [-0.05, 0) is 38.8 Å². The highest BCUT2D eigenvalue weighted by molar-refractivity contribution is 5.73. The van der Waals surface area contributed by atoms with E-state index in [-0.39, 0.29) is 11.9 Å². The molecule has 0 saturated carbocycles. The quantitative estimate of drug-likeness (QED) is 0.595. The molecule has 0 aliphatic carbocycles. The third-order valence-electron chi connectivity index (χ3n) is 3.59. The molecule has 2 rings (SSSR count). The van der Waals surface area contributed by atoms with Crippen LogP contribution in [0, 0.1) is 5.92 Å². The molecular weight excluding hydrogens is 178 g/mol. The monoisotopic (exact) mass is 197 g/mol. The number of nitrogens with zero attached hydrogens (tertiary/aromatic N) is 1. The summed E-state index contributed by atoms with van der Waals surface area (Å²) in [5.41, 5.74) is 0. The number of carbonyl (C=O) groups excluding carboxylic acids is 1. The van der Waals surface area contributed by atoms with E-state index in [9.17, 15) is 4.79 Å². The highest BCUT2D eigenvalue weighted by Crippen LogP contribution is 2.31. The predicted molar refractivity (Wildman–Crippen MR) is 54.0 cm³/mol. The van der Waals surface area contributed by atoms with Gasteiger partial charge in [0, 0.05) is 6.04 Å². The first kappa shape index (κ1) is 9.97. The van der Waals surface area contributed by atoms with Crippen LogP contribution < -0.4 is 0 Å². The first-order chi connectivity index (χ1) is 6.83. The van der Waals surface area contributed by atoms with Gasteiger partial charge < -0.3 is 4.74 Å². The van der Waals surface area contributed by atoms with Crippen LogP contribution in [0.3, 0.4) is 0 Å². The maximum atomic E-state index is 11.6. The van der Waals surface area contributed by atoms with Crippen LogP contribution in [0.15, 0.2) is 0 Å². The molecule has 2 aliphatic heterocycles. The molecule has 2 heterocycles. The summed E-state index contributed by atoms with van der Waals surface area (Å²) in [6.07, 6.45) is 5.92. The first-order valence-electron chi connectivity index (χ1n) is 5.65. The summed E-state index contributed by atoms with van der Waals surface area (Å²) in [6.45, 7) is 2.36. The van der Waals surface area contributed by atoms with Crippen molar-refractivity contribution in [2.45, 2.75) is 38.1 Å². The molecule has 80 valence electrons. The van der Waals surface area contributed by atoms with Crippen LogP contribution in [-0.2, 0) is 9.53 Å². The van der Waals surface area contributed by atoms with E-state index in [4.69, 9.17) is 4.74 Å². The third-order valence-corrected chi connectivity index (χ3v) is 3.59. The van der Waals surface area contributed by atoms with Crippen molar-refractivity contribution in [3.05, 3.63) is 0 Å². The van der Waals surface area contributed by atoms with Crippen molar-refractivity contribution in [3.63, 3.8) is 0 Å². The summed E-state index contributed by atoms with van der Waals surface area (Å²) < 4.78 is 4.87. The van der Waals surface area contributed by atoms with Gasteiger partial charge in [-0.1, -0.05) is 6.42 Å². The molecule has 0 radical (unpaired) electrons. The standard InChI is InChI=1S/C11H19NO2/c1-14-11(13)9-5-4-8-12-7-3-2-6-10(9)12/h9-10H,2-8H2,1H3/t9-,10-/m0/s1. The fourth-order valence-electron chi connectivity index (χ4n) is 2.88. The summed E-state index contributed by atoms with van der Waals surface area (Å²) in [4.78, 5) is 14.1. The number of hydrogen-bond acceptors (Lipinski definition) is 3. The number of carbonyl (C=O) groups is 1. The molecule has 0 aromatic rings. The molecule has 0 unspecified atom stereocenters. The van der Waals surface area contributed by atoms with Crippen LogP contribution in [0.1, 0.15) is 32.1 Å². The summed E-state index contributed by atoms with van der Waals surface area (Å²) >= 11 is 0. The van der Waals surface area contributed by atoms with Gasteiger partial charge in [-0.25, -0.2) is 0 Å². The van der Waals surface area contributed by atoms with Gasteiger partial charge in [0.2, 0.25) is 0 Å². The Morgan fingerprint density at radius 3 is 2.79 bits per heavy atom. The van der Waals surface area contributed by atoms with Crippen molar-refractivity contribution in [2.75, 3.05) is 20.2 Å². The van der Waals surface area contributed by atoms with Gasteiger partial charge in [0.1, 0.15) is 0 Å². The topological polar surface area (TPSA) is 29.5 Å². The lowest BCUT2D eigenvalue weighted by molar-refractivity contribution is -0.150. The molecule has 0 N–H and O–H groups in total. The second-order valence-electron chi connectivity index (χ2n) is 4.37. The average molecular weight is 197 g/mol. The summed E-state index contributed by atoms with van der Waals surface area (Å²) in [5.74, 6) is 0.149. The van der Waals surface area contributed by atoms with Crippen molar-refractivity contribution in [3.8, 4) is 0 Å². The zero-order chi connectivity index (χ0) is 9.97. The summed E-state index contributed by atoms with van der Waals surface area (Å²) in [7, 11) is 1.50. The lowest BCUT2D eigenvalue weighted by atomic mass is 9.83. The van der Waals surface area contributed by atoms with Gasteiger partial charge in [-0.2, -0.15) is 0 Å². The van der Waals surface area contributed by atoms with Crippen LogP contribution in [-0.4, -0.2) is 37.1 Å².